The number of rotatable bonds is 3. The van der Waals surface area contributed by atoms with Crippen LogP contribution in [-0.4, -0.2) is 17.1 Å². The highest BCUT2D eigenvalue weighted by Crippen LogP contribution is 2.36. The maximum Gasteiger partial charge on any atom is 0.231 e. The van der Waals surface area contributed by atoms with Gasteiger partial charge in [0.1, 0.15) is 22.7 Å². The molecule has 1 aromatic carbocycles. The van der Waals surface area contributed by atoms with E-state index in [0.717, 1.165) is 15.8 Å². The first kappa shape index (κ1) is 13.6. The van der Waals surface area contributed by atoms with Crippen LogP contribution in [-0.2, 0) is 0 Å². The number of fused-ring (bicyclic) bond motifs is 1. The maximum atomic E-state index is 5.90. The number of methoxy groups -OCH3 is 1. The number of hydrogen-bond donors (Lipinski definition) is 1. The van der Waals surface area contributed by atoms with Gasteiger partial charge in [0, 0.05) is 10.9 Å². The molecule has 21 heavy (non-hydrogen) atoms. The summed E-state index contributed by atoms with van der Waals surface area (Å²) in [6.07, 6.45) is 1.51. The highest BCUT2D eigenvalue weighted by atomic mass is 32.1. The van der Waals surface area contributed by atoms with Crippen LogP contribution >= 0.6 is 11.3 Å². The first-order valence-electron chi connectivity index (χ1n) is 6.42. The molecule has 3 aromatic rings. The van der Waals surface area contributed by atoms with Crippen molar-refractivity contribution in [2.75, 3.05) is 12.8 Å². The number of thiophene rings is 1. The number of aryl methyl sites for hydroxylation is 2. The Morgan fingerprint density at radius 2 is 2.00 bits per heavy atom. The largest absolute Gasteiger partial charge is 0.495 e. The van der Waals surface area contributed by atoms with Gasteiger partial charge in [0.25, 0.3) is 0 Å². The molecule has 6 heteroatoms. The second-order valence-electron chi connectivity index (χ2n) is 4.65. The third kappa shape index (κ3) is 2.38. The third-order valence-electron chi connectivity index (χ3n) is 3.35. The fourth-order valence-electron chi connectivity index (χ4n) is 2.12. The molecular formula is C15H15N3O2S. The van der Waals surface area contributed by atoms with Crippen molar-refractivity contribution in [3.05, 3.63) is 35.0 Å². The number of nitrogen functional groups attached to an aromatic ring is 1. The van der Waals surface area contributed by atoms with E-state index < -0.39 is 0 Å². The zero-order chi connectivity index (χ0) is 15.0. The van der Waals surface area contributed by atoms with Gasteiger partial charge in [-0.1, -0.05) is 0 Å². The molecule has 0 atom stereocenters. The molecule has 0 radical (unpaired) electrons. The summed E-state index contributed by atoms with van der Waals surface area (Å²) in [5.41, 5.74) is 7.57. The van der Waals surface area contributed by atoms with Crippen LogP contribution in [0.5, 0.6) is 17.4 Å². The first-order valence-corrected chi connectivity index (χ1v) is 7.24. The molecule has 5 nitrogen and oxygen atoms in total. The fourth-order valence-corrected chi connectivity index (χ4v) is 3.10. The number of benzene rings is 1. The highest BCUT2D eigenvalue weighted by Gasteiger charge is 2.14. The van der Waals surface area contributed by atoms with Crippen molar-refractivity contribution in [1.82, 2.24) is 9.97 Å². The van der Waals surface area contributed by atoms with E-state index in [-0.39, 0.29) is 0 Å². The van der Waals surface area contributed by atoms with Gasteiger partial charge < -0.3 is 15.2 Å². The lowest BCUT2D eigenvalue weighted by Gasteiger charge is -2.09. The van der Waals surface area contributed by atoms with E-state index >= 15 is 0 Å². The van der Waals surface area contributed by atoms with E-state index in [4.69, 9.17) is 15.2 Å². The number of nitrogens with two attached hydrogens (primary N) is 1. The Morgan fingerprint density at radius 1 is 1.19 bits per heavy atom. The monoisotopic (exact) mass is 301 g/mol. The predicted molar refractivity (Wildman–Crippen MR) is 84.4 cm³/mol. The molecule has 2 aromatic heterocycles. The van der Waals surface area contributed by atoms with Crippen molar-refractivity contribution < 1.29 is 9.47 Å². The molecule has 0 saturated heterocycles. The summed E-state index contributed by atoms with van der Waals surface area (Å²) in [4.78, 5) is 10.7. The summed E-state index contributed by atoms with van der Waals surface area (Å²) in [6, 6.07) is 5.30. The molecular weight excluding hydrogens is 286 g/mol. The lowest BCUT2D eigenvalue weighted by Crippen LogP contribution is -1.94. The van der Waals surface area contributed by atoms with E-state index in [2.05, 4.69) is 16.9 Å². The van der Waals surface area contributed by atoms with Gasteiger partial charge in [-0.2, -0.15) is 0 Å². The zero-order valence-electron chi connectivity index (χ0n) is 12.0. The standard InChI is InChI=1S/C15H15N3O2S/c1-8-9(2)21-15-13(8)14(17-7-18-15)20-10-4-5-12(19-3)11(16)6-10/h4-7H,16H2,1-3H3. The Balaban J connectivity index is 2.04. The highest BCUT2D eigenvalue weighted by molar-refractivity contribution is 7.18. The van der Waals surface area contributed by atoms with Crippen LogP contribution in [0.15, 0.2) is 24.5 Å². The van der Waals surface area contributed by atoms with Crippen LogP contribution in [0.3, 0.4) is 0 Å². The van der Waals surface area contributed by atoms with Gasteiger partial charge in [0.15, 0.2) is 0 Å². The number of anilines is 1. The predicted octanol–water partition coefficient (Wildman–Crippen LogP) is 3.69. The second-order valence-corrected chi connectivity index (χ2v) is 5.85. The minimum Gasteiger partial charge on any atom is -0.495 e. The Bertz CT molecular complexity index is 814. The molecule has 0 aliphatic carbocycles. The molecule has 108 valence electrons. The minimum atomic E-state index is 0.526. The number of aromatic nitrogens is 2. The SMILES string of the molecule is COc1ccc(Oc2ncnc3sc(C)c(C)c23)cc1N. The van der Waals surface area contributed by atoms with Crippen LogP contribution in [0.1, 0.15) is 10.4 Å². The topological polar surface area (TPSA) is 70.3 Å². The van der Waals surface area contributed by atoms with E-state index in [0.29, 0.717) is 23.1 Å². The average molecular weight is 301 g/mol. The van der Waals surface area contributed by atoms with Crippen LogP contribution in [0.4, 0.5) is 5.69 Å². The summed E-state index contributed by atoms with van der Waals surface area (Å²) >= 11 is 1.64. The van der Waals surface area contributed by atoms with Gasteiger partial charge in [-0.3, -0.25) is 0 Å². The summed E-state index contributed by atoms with van der Waals surface area (Å²) in [6.45, 7) is 4.11. The Hall–Kier alpha value is -2.34. The Morgan fingerprint density at radius 3 is 2.71 bits per heavy atom. The van der Waals surface area contributed by atoms with Gasteiger partial charge >= 0.3 is 0 Å². The molecule has 0 spiro atoms. The molecule has 3 rings (SSSR count). The normalized spacial score (nSPS) is 10.8. The van der Waals surface area contributed by atoms with Crippen molar-refractivity contribution in [1.29, 1.82) is 0 Å². The van der Waals surface area contributed by atoms with Crippen molar-refractivity contribution in [3.63, 3.8) is 0 Å². The smallest absolute Gasteiger partial charge is 0.231 e. The average Bonchev–Trinajstić information content (AvgIpc) is 2.75. The molecule has 0 fully saturated rings. The molecule has 0 unspecified atom stereocenters. The quantitative estimate of drug-likeness (QED) is 0.747. The number of ether oxygens (including phenoxy) is 2. The molecule has 2 heterocycles. The lowest BCUT2D eigenvalue weighted by molar-refractivity contribution is 0.414. The molecule has 0 saturated carbocycles. The van der Waals surface area contributed by atoms with E-state index in [9.17, 15) is 0 Å². The second kappa shape index (κ2) is 5.21. The first-order chi connectivity index (χ1) is 10.1. The van der Waals surface area contributed by atoms with Gasteiger partial charge in [-0.25, -0.2) is 9.97 Å². The van der Waals surface area contributed by atoms with Gasteiger partial charge in [0.2, 0.25) is 5.88 Å². The fraction of sp³-hybridized carbons (Fsp3) is 0.200. The molecule has 0 bridgehead atoms. The van der Waals surface area contributed by atoms with Crippen molar-refractivity contribution in [3.8, 4) is 17.4 Å². The lowest BCUT2D eigenvalue weighted by atomic mass is 10.2. The molecule has 0 amide bonds. The van der Waals surface area contributed by atoms with E-state index in [1.165, 1.54) is 11.2 Å². The maximum absolute atomic E-state index is 5.90. The third-order valence-corrected chi connectivity index (χ3v) is 4.46. The van der Waals surface area contributed by atoms with Gasteiger partial charge in [-0.05, 0) is 31.5 Å². The van der Waals surface area contributed by atoms with Gasteiger partial charge in [-0.15, -0.1) is 11.3 Å². The zero-order valence-corrected chi connectivity index (χ0v) is 12.8. The Kier molecular flexibility index (Phi) is 3.39. The molecule has 0 aliphatic heterocycles. The number of nitrogens with zero attached hydrogens (tertiary/aromatic N) is 2. The minimum absolute atomic E-state index is 0.526. The van der Waals surface area contributed by atoms with Gasteiger partial charge in [0.05, 0.1) is 18.2 Å². The number of hydrogen-bond acceptors (Lipinski definition) is 6. The molecule has 0 aliphatic rings. The van der Waals surface area contributed by atoms with Crippen LogP contribution in [0.2, 0.25) is 0 Å². The summed E-state index contributed by atoms with van der Waals surface area (Å²) < 4.78 is 11.0. The van der Waals surface area contributed by atoms with Crippen molar-refractivity contribution >= 4 is 27.2 Å². The molecule has 2 N–H and O–H groups in total. The van der Waals surface area contributed by atoms with Crippen LogP contribution in [0.25, 0.3) is 10.2 Å². The summed E-state index contributed by atoms with van der Waals surface area (Å²) in [5, 5.41) is 0.953. The van der Waals surface area contributed by atoms with E-state index in [1.54, 1.807) is 36.6 Å². The Labute approximate surface area is 126 Å². The van der Waals surface area contributed by atoms with E-state index in [1.807, 2.05) is 6.92 Å². The van der Waals surface area contributed by atoms with Crippen molar-refractivity contribution in [2.24, 2.45) is 0 Å². The van der Waals surface area contributed by atoms with Crippen molar-refractivity contribution in [2.45, 2.75) is 13.8 Å². The summed E-state index contributed by atoms with van der Waals surface area (Å²) in [5.74, 6) is 1.79. The van der Waals surface area contributed by atoms with Crippen LogP contribution < -0.4 is 15.2 Å². The summed E-state index contributed by atoms with van der Waals surface area (Å²) in [7, 11) is 1.58. The van der Waals surface area contributed by atoms with Crippen LogP contribution in [0, 0.1) is 13.8 Å².